The summed E-state index contributed by atoms with van der Waals surface area (Å²) in [5.74, 6) is -2.01. The smallest absolute Gasteiger partial charge is 0.335 e. The van der Waals surface area contributed by atoms with Crippen molar-refractivity contribution in [1.82, 2.24) is 19.9 Å². The van der Waals surface area contributed by atoms with E-state index in [1.54, 1.807) is 48.5 Å². The number of fused-ring (bicyclic) bond motifs is 8. The normalized spacial score (nSPS) is 11.9. The maximum Gasteiger partial charge on any atom is 0.335 e. The van der Waals surface area contributed by atoms with Gasteiger partial charge in [0.05, 0.1) is 33.9 Å². The number of aryl methyl sites for hydroxylation is 2. The summed E-state index contributed by atoms with van der Waals surface area (Å²) < 4.78 is 3.98. The Balaban J connectivity index is 1.44. The van der Waals surface area contributed by atoms with Crippen LogP contribution in [-0.4, -0.2) is 42.1 Å². The lowest BCUT2D eigenvalue weighted by Gasteiger charge is -2.07. The first kappa shape index (κ1) is 34.1. The average Bonchev–Trinajstić information content (AvgIpc) is 4.05. The van der Waals surface area contributed by atoms with Crippen molar-refractivity contribution in [3.8, 4) is 44.5 Å². The highest BCUT2D eigenvalue weighted by Gasteiger charge is 2.20. The second-order valence-corrected chi connectivity index (χ2v) is 13.8. The summed E-state index contributed by atoms with van der Waals surface area (Å²) in [5.41, 5.74) is 13.4. The van der Waals surface area contributed by atoms with E-state index in [0.29, 0.717) is 11.4 Å². The van der Waals surface area contributed by atoms with Crippen LogP contribution in [0.25, 0.3) is 90.9 Å². The molecule has 2 aliphatic heterocycles. The first-order valence-corrected chi connectivity index (χ1v) is 18.0. The van der Waals surface area contributed by atoms with Gasteiger partial charge in [0.2, 0.25) is 0 Å². The molecule has 0 saturated heterocycles. The fraction of sp³-hybridized carbons (Fsp3) is 0.0435. The molecule has 5 aromatic heterocycles. The van der Waals surface area contributed by atoms with Crippen molar-refractivity contribution in [1.29, 1.82) is 0 Å². The zero-order valence-electron chi connectivity index (χ0n) is 30.4. The fourth-order valence-electron chi connectivity index (χ4n) is 7.31. The number of H-pyrrole nitrogens is 2. The van der Waals surface area contributed by atoms with Crippen LogP contribution in [0, 0.1) is 0 Å². The van der Waals surface area contributed by atoms with Gasteiger partial charge in [0, 0.05) is 68.6 Å². The van der Waals surface area contributed by atoms with Gasteiger partial charge in [-0.05, 0) is 95.1 Å². The molecule has 270 valence electrons. The molecule has 0 fully saturated rings. The van der Waals surface area contributed by atoms with Crippen molar-refractivity contribution >= 4 is 58.3 Å². The molecule has 0 atom stereocenters. The summed E-state index contributed by atoms with van der Waals surface area (Å²) in [6, 6.07) is 30.0. The van der Waals surface area contributed by atoms with Crippen LogP contribution in [0.3, 0.4) is 0 Å². The number of rotatable bonds is 6. The van der Waals surface area contributed by atoms with Crippen LogP contribution in [0.15, 0.2) is 122 Å². The molecule has 0 saturated carbocycles. The molecule has 9 rings (SSSR count). The number of aromatic carboxylic acids is 2. The summed E-state index contributed by atoms with van der Waals surface area (Å²) in [4.78, 5) is 41.6. The van der Waals surface area contributed by atoms with Crippen molar-refractivity contribution in [2.75, 3.05) is 0 Å². The van der Waals surface area contributed by atoms with Gasteiger partial charge in [0.25, 0.3) is 0 Å². The molecule has 0 radical (unpaired) electrons. The summed E-state index contributed by atoms with van der Waals surface area (Å²) in [6.07, 6.45) is 16.0. The highest BCUT2D eigenvalue weighted by atomic mass is 16.4. The van der Waals surface area contributed by atoms with E-state index in [1.807, 2.05) is 96.6 Å². The van der Waals surface area contributed by atoms with E-state index < -0.39 is 11.9 Å². The Morgan fingerprint density at radius 2 is 0.696 bits per heavy atom. The molecule has 7 aromatic rings. The molecular formula is C46H34N6O4+2. The van der Waals surface area contributed by atoms with Gasteiger partial charge in [0.1, 0.15) is 14.1 Å². The van der Waals surface area contributed by atoms with Crippen LogP contribution < -0.4 is 9.13 Å². The third-order valence-corrected chi connectivity index (χ3v) is 10.1. The number of aromatic amines is 2. The molecule has 2 aromatic carbocycles. The monoisotopic (exact) mass is 734 g/mol. The minimum atomic E-state index is -1.01. The molecule has 0 aliphatic carbocycles. The van der Waals surface area contributed by atoms with Crippen LogP contribution in [0.5, 0.6) is 0 Å². The number of hydrogen-bond donors (Lipinski definition) is 4. The van der Waals surface area contributed by atoms with E-state index in [9.17, 15) is 19.8 Å². The Kier molecular flexibility index (Phi) is 8.28. The molecule has 7 heterocycles. The lowest BCUT2D eigenvalue weighted by Crippen LogP contribution is -2.25. The van der Waals surface area contributed by atoms with Crippen LogP contribution in [0.1, 0.15) is 43.5 Å². The van der Waals surface area contributed by atoms with Crippen molar-refractivity contribution in [2.24, 2.45) is 14.1 Å². The molecule has 2 aliphatic rings. The topological polar surface area (TPSA) is 140 Å². The number of benzene rings is 2. The summed E-state index contributed by atoms with van der Waals surface area (Å²) in [6.45, 7) is 0. The number of pyridine rings is 2. The summed E-state index contributed by atoms with van der Waals surface area (Å²) >= 11 is 0. The molecule has 0 amide bonds. The third kappa shape index (κ3) is 6.14. The van der Waals surface area contributed by atoms with Crippen molar-refractivity contribution in [3.05, 3.63) is 156 Å². The second kappa shape index (κ2) is 13.6. The SMILES string of the molecule is C[n+]1ccc(-c2c3nc(c(-c4cc[n+](C)cc4)c4ccc([nH]4)c(-c4ccc(C(=O)O)cc4)c4nc(c(-c5ccc(C(=O)O)cc5)c5ccc2[nH]5)C=C4)C=C3)cc1. The lowest BCUT2D eigenvalue weighted by molar-refractivity contribution is -0.671. The molecule has 4 N–H and O–H groups in total. The Morgan fingerprint density at radius 3 is 0.964 bits per heavy atom. The van der Waals surface area contributed by atoms with Gasteiger partial charge >= 0.3 is 11.9 Å². The van der Waals surface area contributed by atoms with Crippen LogP contribution >= 0.6 is 0 Å². The Hall–Kier alpha value is -7.72. The van der Waals surface area contributed by atoms with Crippen LogP contribution in [0.2, 0.25) is 0 Å². The zero-order valence-corrected chi connectivity index (χ0v) is 30.4. The number of hydrogen-bond acceptors (Lipinski definition) is 4. The predicted octanol–water partition coefficient (Wildman–Crippen LogP) is 8.37. The number of aromatic nitrogens is 6. The van der Waals surface area contributed by atoms with Gasteiger partial charge in [-0.1, -0.05) is 24.3 Å². The molecular weight excluding hydrogens is 701 g/mol. The molecule has 8 bridgehead atoms. The van der Waals surface area contributed by atoms with Gasteiger partial charge in [-0.15, -0.1) is 0 Å². The first-order chi connectivity index (χ1) is 27.2. The molecule has 0 unspecified atom stereocenters. The lowest BCUT2D eigenvalue weighted by atomic mass is 10.0. The van der Waals surface area contributed by atoms with Crippen LogP contribution in [-0.2, 0) is 14.1 Å². The molecule has 10 heteroatoms. The van der Waals surface area contributed by atoms with E-state index >= 15 is 0 Å². The Bertz CT molecular complexity index is 2760. The highest BCUT2D eigenvalue weighted by Crippen LogP contribution is 2.38. The van der Waals surface area contributed by atoms with Crippen molar-refractivity contribution < 1.29 is 28.9 Å². The van der Waals surface area contributed by atoms with Crippen LogP contribution in [0.4, 0.5) is 0 Å². The maximum atomic E-state index is 11.8. The number of carboxylic acids is 2. The minimum absolute atomic E-state index is 0.181. The van der Waals surface area contributed by atoms with Gasteiger partial charge in [0.15, 0.2) is 24.8 Å². The van der Waals surface area contributed by atoms with E-state index in [1.165, 1.54) is 0 Å². The third-order valence-electron chi connectivity index (χ3n) is 10.1. The van der Waals surface area contributed by atoms with E-state index in [2.05, 4.69) is 34.2 Å². The molecule has 56 heavy (non-hydrogen) atoms. The maximum absolute atomic E-state index is 11.8. The largest absolute Gasteiger partial charge is 0.478 e. The average molecular weight is 735 g/mol. The van der Waals surface area contributed by atoms with E-state index in [-0.39, 0.29) is 11.1 Å². The molecule has 0 spiro atoms. The standard InChI is InChI=1S/C46H32N6O4/c1-51-23-19-29(20-24-51)43-37-15-13-35(48-37)41(27-3-7-31(8-4-27)45(53)54)33-11-12-34(47-33)42(28-5-9-32(10-6-28)46(55)56)36-14-16-38(49-36)44(40-18-17-39(43)50-40)30-21-25-52(2)26-22-30/h3-26H,1-2H3,(H2-,47,48,49,50,53,54,55,56)/p+2. The zero-order chi connectivity index (χ0) is 38.5. The predicted molar refractivity (Wildman–Crippen MR) is 217 cm³/mol. The van der Waals surface area contributed by atoms with E-state index in [0.717, 1.165) is 78.0 Å². The fourth-order valence-corrected chi connectivity index (χ4v) is 7.31. The number of carboxylic acid groups (broad SMARTS) is 2. The Labute approximate surface area is 320 Å². The van der Waals surface area contributed by atoms with Gasteiger partial charge in [-0.2, -0.15) is 0 Å². The number of nitrogens with zero attached hydrogens (tertiary/aromatic N) is 4. The second-order valence-electron chi connectivity index (χ2n) is 13.8. The summed E-state index contributed by atoms with van der Waals surface area (Å²) in [5, 5.41) is 19.4. The Morgan fingerprint density at radius 1 is 0.429 bits per heavy atom. The minimum Gasteiger partial charge on any atom is -0.478 e. The number of carbonyl (C=O) groups is 2. The highest BCUT2D eigenvalue weighted by molar-refractivity contribution is 6.00. The van der Waals surface area contributed by atoms with Gasteiger partial charge in [-0.25, -0.2) is 28.7 Å². The first-order valence-electron chi connectivity index (χ1n) is 18.0. The quantitative estimate of drug-likeness (QED) is 0.127. The summed E-state index contributed by atoms with van der Waals surface area (Å²) in [7, 11) is 3.97. The van der Waals surface area contributed by atoms with E-state index in [4.69, 9.17) is 9.97 Å². The van der Waals surface area contributed by atoms with Crippen molar-refractivity contribution in [2.45, 2.75) is 0 Å². The van der Waals surface area contributed by atoms with Crippen molar-refractivity contribution in [3.63, 3.8) is 0 Å². The molecule has 10 nitrogen and oxygen atoms in total. The number of nitrogens with one attached hydrogen (secondary N) is 2. The van der Waals surface area contributed by atoms with Gasteiger partial charge < -0.3 is 20.2 Å². The van der Waals surface area contributed by atoms with Gasteiger partial charge in [-0.3, -0.25) is 0 Å².